The first kappa shape index (κ1) is 12.1. The van der Waals surface area contributed by atoms with Crippen LogP contribution in [-0.4, -0.2) is 5.54 Å². The SMILES string of the molecule is CCC(C)(CC)NCc1ccc(N)cc1. The van der Waals surface area contributed by atoms with Crippen LogP contribution in [0.15, 0.2) is 24.3 Å². The van der Waals surface area contributed by atoms with Crippen molar-refractivity contribution < 1.29 is 0 Å². The Bertz CT molecular complexity index is 286. The zero-order valence-electron chi connectivity index (χ0n) is 10.0. The van der Waals surface area contributed by atoms with E-state index in [4.69, 9.17) is 5.73 Å². The highest BCUT2D eigenvalue weighted by atomic mass is 15.0. The Kier molecular flexibility index (Phi) is 4.15. The minimum atomic E-state index is 0.251. The lowest BCUT2D eigenvalue weighted by atomic mass is 9.95. The van der Waals surface area contributed by atoms with Gasteiger partial charge in [-0.05, 0) is 37.5 Å². The molecule has 0 aliphatic carbocycles. The first-order chi connectivity index (χ1) is 7.09. The van der Waals surface area contributed by atoms with Gasteiger partial charge in [-0.2, -0.15) is 0 Å². The Balaban J connectivity index is 2.53. The molecule has 0 fully saturated rings. The van der Waals surface area contributed by atoms with E-state index < -0.39 is 0 Å². The average molecular weight is 206 g/mol. The van der Waals surface area contributed by atoms with Gasteiger partial charge in [0.25, 0.3) is 0 Å². The van der Waals surface area contributed by atoms with Gasteiger partial charge in [-0.1, -0.05) is 26.0 Å². The maximum atomic E-state index is 5.64. The molecule has 3 N–H and O–H groups in total. The van der Waals surface area contributed by atoms with Gasteiger partial charge in [0.15, 0.2) is 0 Å². The third-order valence-electron chi connectivity index (χ3n) is 3.26. The molecule has 0 atom stereocenters. The molecule has 0 aromatic heterocycles. The molecule has 0 aliphatic rings. The van der Waals surface area contributed by atoms with E-state index in [0.717, 1.165) is 25.1 Å². The highest BCUT2D eigenvalue weighted by Gasteiger charge is 2.17. The second-order valence-electron chi connectivity index (χ2n) is 4.36. The molecule has 84 valence electrons. The standard InChI is InChI=1S/C13H22N2/c1-4-13(3,5-2)15-10-11-6-8-12(14)9-7-11/h6-9,15H,4-5,10,14H2,1-3H3. The lowest BCUT2D eigenvalue weighted by molar-refractivity contribution is 0.329. The summed E-state index contributed by atoms with van der Waals surface area (Å²) in [6.07, 6.45) is 2.30. The summed E-state index contributed by atoms with van der Waals surface area (Å²) in [5.74, 6) is 0. The maximum absolute atomic E-state index is 5.64. The van der Waals surface area contributed by atoms with Crippen molar-refractivity contribution in [2.24, 2.45) is 0 Å². The Morgan fingerprint density at radius 1 is 1.13 bits per heavy atom. The third-order valence-corrected chi connectivity index (χ3v) is 3.26. The number of anilines is 1. The van der Waals surface area contributed by atoms with Crippen LogP contribution in [0.1, 0.15) is 39.2 Å². The van der Waals surface area contributed by atoms with E-state index in [1.165, 1.54) is 5.56 Å². The van der Waals surface area contributed by atoms with Crippen molar-refractivity contribution in [2.45, 2.75) is 45.7 Å². The Hall–Kier alpha value is -1.02. The van der Waals surface area contributed by atoms with Crippen molar-refractivity contribution in [3.05, 3.63) is 29.8 Å². The van der Waals surface area contributed by atoms with Gasteiger partial charge in [0.2, 0.25) is 0 Å². The molecule has 0 unspecified atom stereocenters. The second-order valence-corrected chi connectivity index (χ2v) is 4.36. The van der Waals surface area contributed by atoms with Crippen LogP contribution in [0, 0.1) is 0 Å². The van der Waals surface area contributed by atoms with Crippen molar-refractivity contribution in [3.8, 4) is 0 Å². The third kappa shape index (κ3) is 3.56. The fourth-order valence-electron chi connectivity index (χ4n) is 1.45. The molecular formula is C13H22N2. The predicted octanol–water partition coefficient (Wildman–Crippen LogP) is 2.94. The van der Waals surface area contributed by atoms with Crippen LogP contribution in [-0.2, 0) is 6.54 Å². The molecular weight excluding hydrogens is 184 g/mol. The van der Waals surface area contributed by atoms with Gasteiger partial charge in [0.05, 0.1) is 0 Å². The molecule has 0 bridgehead atoms. The summed E-state index contributed by atoms with van der Waals surface area (Å²) in [5, 5.41) is 3.59. The van der Waals surface area contributed by atoms with Crippen LogP contribution >= 0.6 is 0 Å². The normalized spacial score (nSPS) is 11.7. The summed E-state index contributed by atoms with van der Waals surface area (Å²) >= 11 is 0. The Morgan fingerprint density at radius 3 is 2.13 bits per heavy atom. The van der Waals surface area contributed by atoms with Crippen LogP contribution in [0.4, 0.5) is 5.69 Å². The van der Waals surface area contributed by atoms with E-state index >= 15 is 0 Å². The van der Waals surface area contributed by atoms with Crippen molar-refractivity contribution in [3.63, 3.8) is 0 Å². The van der Waals surface area contributed by atoms with Gasteiger partial charge >= 0.3 is 0 Å². The number of nitrogens with two attached hydrogens (primary N) is 1. The summed E-state index contributed by atoms with van der Waals surface area (Å²) in [6, 6.07) is 8.06. The minimum Gasteiger partial charge on any atom is -0.399 e. The van der Waals surface area contributed by atoms with Crippen LogP contribution in [0.2, 0.25) is 0 Å². The van der Waals surface area contributed by atoms with Crippen molar-refractivity contribution in [1.29, 1.82) is 0 Å². The number of nitrogen functional groups attached to an aromatic ring is 1. The molecule has 0 saturated heterocycles. The first-order valence-electron chi connectivity index (χ1n) is 5.69. The monoisotopic (exact) mass is 206 g/mol. The van der Waals surface area contributed by atoms with E-state index in [2.05, 4.69) is 38.2 Å². The molecule has 0 saturated carbocycles. The van der Waals surface area contributed by atoms with Gasteiger partial charge in [-0.15, -0.1) is 0 Å². The summed E-state index contributed by atoms with van der Waals surface area (Å²) in [7, 11) is 0. The topological polar surface area (TPSA) is 38.0 Å². The number of benzene rings is 1. The highest BCUT2D eigenvalue weighted by Crippen LogP contribution is 2.15. The first-order valence-corrected chi connectivity index (χ1v) is 5.69. The molecule has 0 radical (unpaired) electrons. The van der Waals surface area contributed by atoms with Crippen LogP contribution in [0.3, 0.4) is 0 Å². The van der Waals surface area contributed by atoms with Gasteiger partial charge < -0.3 is 11.1 Å². The molecule has 2 nitrogen and oxygen atoms in total. The Labute approximate surface area is 92.9 Å². The summed E-state index contributed by atoms with van der Waals surface area (Å²) in [5.41, 5.74) is 8.01. The summed E-state index contributed by atoms with van der Waals surface area (Å²) in [6.45, 7) is 7.63. The minimum absolute atomic E-state index is 0.251. The van der Waals surface area contributed by atoms with Gasteiger partial charge in [0, 0.05) is 17.8 Å². The Morgan fingerprint density at radius 2 is 1.67 bits per heavy atom. The summed E-state index contributed by atoms with van der Waals surface area (Å²) < 4.78 is 0. The van der Waals surface area contributed by atoms with E-state index in [1.54, 1.807) is 0 Å². The molecule has 0 amide bonds. The molecule has 1 aromatic carbocycles. The van der Waals surface area contributed by atoms with Gasteiger partial charge in [0.1, 0.15) is 0 Å². The van der Waals surface area contributed by atoms with Crippen molar-refractivity contribution in [2.75, 3.05) is 5.73 Å². The lowest BCUT2D eigenvalue weighted by Gasteiger charge is -2.28. The van der Waals surface area contributed by atoms with E-state index in [9.17, 15) is 0 Å². The van der Waals surface area contributed by atoms with Crippen molar-refractivity contribution >= 4 is 5.69 Å². The number of hydrogen-bond donors (Lipinski definition) is 2. The largest absolute Gasteiger partial charge is 0.399 e. The van der Waals surface area contributed by atoms with Crippen LogP contribution in [0.25, 0.3) is 0 Å². The number of rotatable bonds is 5. The maximum Gasteiger partial charge on any atom is 0.0314 e. The zero-order valence-corrected chi connectivity index (χ0v) is 10.0. The highest BCUT2D eigenvalue weighted by molar-refractivity contribution is 5.39. The van der Waals surface area contributed by atoms with E-state index in [0.29, 0.717) is 0 Å². The molecule has 1 aromatic rings. The lowest BCUT2D eigenvalue weighted by Crippen LogP contribution is -2.40. The van der Waals surface area contributed by atoms with Gasteiger partial charge in [-0.3, -0.25) is 0 Å². The molecule has 0 spiro atoms. The van der Waals surface area contributed by atoms with Gasteiger partial charge in [-0.25, -0.2) is 0 Å². The summed E-state index contributed by atoms with van der Waals surface area (Å²) in [4.78, 5) is 0. The van der Waals surface area contributed by atoms with Crippen LogP contribution < -0.4 is 11.1 Å². The number of hydrogen-bond acceptors (Lipinski definition) is 2. The fraction of sp³-hybridized carbons (Fsp3) is 0.538. The predicted molar refractivity (Wildman–Crippen MR) is 66.7 cm³/mol. The second kappa shape index (κ2) is 5.17. The number of nitrogens with one attached hydrogen (secondary N) is 1. The zero-order chi connectivity index (χ0) is 11.3. The smallest absolute Gasteiger partial charge is 0.0314 e. The van der Waals surface area contributed by atoms with Crippen LogP contribution in [0.5, 0.6) is 0 Å². The van der Waals surface area contributed by atoms with E-state index in [-0.39, 0.29) is 5.54 Å². The quantitative estimate of drug-likeness (QED) is 0.727. The molecule has 0 heterocycles. The molecule has 15 heavy (non-hydrogen) atoms. The van der Waals surface area contributed by atoms with Crippen molar-refractivity contribution in [1.82, 2.24) is 5.32 Å². The average Bonchev–Trinajstić information content (AvgIpc) is 2.28. The molecule has 2 heteroatoms. The molecule has 0 aliphatic heterocycles. The van der Waals surface area contributed by atoms with E-state index in [1.807, 2.05) is 12.1 Å². The fourth-order valence-corrected chi connectivity index (χ4v) is 1.45. The molecule has 1 rings (SSSR count).